The molecule has 0 aliphatic carbocycles. The molecule has 1 atom stereocenters. The standard InChI is InChI=1S/C20H19ClN2OS/c21-17-10-8-15(9-11-17)13-22-19(24)14-23-20(18-7-4-12-25-18)16-5-2-1-3-6-16/h1-12,20,23H,13-14H2,(H,22,24)/p+1/t20-/m1/s1. The van der Waals surface area contributed by atoms with Gasteiger partial charge < -0.3 is 10.6 Å². The van der Waals surface area contributed by atoms with Crippen molar-refractivity contribution >= 4 is 28.8 Å². The van der Waals surface area contributed by atoms with Gasteiger partial charge in [0.05, 0.1) is 4.88 Å². The van der Waals surface area contributed by atoms with Crippen LogP contribution in [0.15, 0.2) is 72.1 Å². The van der Waals surface area contributed by atoms with Crippen LogP contribution in [0, 0.1) is 0 Å². The Bertz CT molecular complexity index is 788. The van der Waals surface area contributed by atoms with E-state index in [1.165, 1.54) is 10.4 Å². The molecule has 0 fully saturated rings. The topological polar surface area (TPSA) is 45.7 Å². The molecular weight excluding hydrogens is 352 g/mol. The summed E-state index contributed by atoms with van der Waals surface area (Å²) in [7, 11) is 0. The van der Waals surface area contributed by atoms with Crippen molar-refractivity contribution < 1.29 is 10.1 Å². The highest BCUT2D eigenvalue weighted by Crippen LogP contribution is 2.22. The highest BCUT2D eigenvalue weighted by Gasteiger charge is 2.19. The van der Waals surface area contributed by atoms with Gasteiger partial charge in [0.15, 0.2) is 6.54 Å². The van der Waals surface area contributed by atoms with Crippen LogP contribution in [0.2, 0.25) is 5.02 Å². The maximum atomic E-state index is 12.2. The van der Waals surface area contributed by atoms with Crippen LogP contribution in [0.1, 0.15) is 22.0 Å². The summed E-state index contributed by atoms with van der Waals surface area (Å²) in [5, 5.41) is 7.81. The number of nitrogens with two attached hydrogens (primary N) is 1. The largest absolute Gasteiger partial charge is 0.347 e. The number of thiophene rings is 1. The lowest BCUT2D eigenvalue weighted by atomic mass is 10.1. The average Bonchev–Trinajstić information content (AvgIpc) is 3.17. The van der Waals surface area contributed by atoms with Crippen molar-refractivity contribution in [2.45, 2.75) is 12.6 Å². The molecule has 0 unspecified atom stereocenters. The molecule has 0 aliphatic rings. The Balaban J connectivity index is 1.57. The lowest BCUT2D eigenvalue weighted by Gasteiger charge is -2.14. The van der Waals surface area contributed by atoms with E-state index in [1.54, 1.807) is 11.3 Å². The summed E-state index contributed by atoms with van der Waals surface area (Å²) in [5.41, 5.74) is 2.24. The van der Waals surface area contributed by atoms with E-state index in [9.17, 15) is 4.79 Å². The second kappa shape index (κ2) is 8.81. The number of hydrogen-bond acceptors (Lipinski definition) is 2. The van der Waals surface area contributed by atoms with Gasteiger partial charge >= 0.3 is 0 Å². The van der Waals surface area contributed by atoms with E-state index in [4.69, 9.17) is 11.6 Å². The number of carbonyl (C=O) groups excluding carboxylic acids is 1. The Kier molecular flexibility index (Phi) is 6.23. The van der Waals surface area contributed by atoms with Gasteiger partial charge in [-0.1, -0.05) is 60.1 Å². The normalized spacial score (nSPS) is 11.9. The van der Waals surface area contributed by atoms with E-state index in [1.807, 2.05) is 48.5 Å². The van der Waals surface area contributed by atoms with Crippen molar-refractivity contribution in [3.05, 3.63) is 93.1 Å². The van der Waals surface area contributed by atoms with E-state index >= 15 is 0 Å². The Morgan fingerprint density at radius 1 is 1.04 bits per heavy atom. The molecule has 0 radical (unpaired) electrons. The number of amides is 1. The van der Waals surface area contributed by atoms with Crippen LogP contribution in [0.4, 0.5) is 0 Å². The summed E-state index contributed by atoms with van der Waals surface area (Å²) in [5.74, 6) is 0.0208. The molecule has 3 aromatic rings. The first-order valence-corrected chi connectivity index (χ1v) is 9.41. The summed E-state index contributed by atoms with van der Waals surface area (Å²) in [4.78, 5) is 13.5. The zero-order valence-electron chi connectivity index (χ0n) is 13.7. The minimum absolute atomic E-state index is 0.0208. The molecule has 0 bridgehead atoms. The fourth-order valence-electron chi connectivity index (χ4n) is 2.65. The molecule has 128 valence electrons. The van der Waals surface area contributed by atoms with Crippen molar-refractivity contribution in [1.29, 1.82) is 0 Å². The zero-order chi connectivity index (χ0) is 17.5. The van der Waals surface area contributed by atoms with Crippen molar-refractivity contribution in [3.63, 3.8) is 0 Å². The lowest BCUT2D eigenvalue weighted by Crippen LogP contribution is -2.87. The van der Waals surface area contributed by atoms with Crippen molar-refractivity contribution in [3.8, 4) is 0 Å². The Labute approximate surface area is 156 Å². The molecule has 0 aliphatic heterocycles. The summed E-state index contributed by atoms with van der Waals surface area (Å²) >= 11 is 7.59. The average molecular weight is 372 g/mol. The first-order valence-electron chi connectivity index (χ1n) is 8.15. The first kappa shape index (κ1) is 17.7. The number of halogens is 1. The van der Waals surface area contributed by atoms with Gasteiger partial charge in [0.1, 0.15) is 6.04 Å². The predicted molar refractivity (Wildman–Crippen MR) is 103 cm³/mol. The van der Waals surface area contributed by atoms with Gasteiger partial charge in [-0.2, -0.15) is 0 Å². The van der Waals surface area contributed by atoms with Crippen LogP contribution >= 0.6 is 22.9 Å². The van der Waals surface area contributed by atoms with E-state index in [-0.39, 0.29) is 11.9 Å². The van der Waals surface area contributed by atoms with Crippen LogP contribution in [0.25, 0.3) is 0 Å². The van der Waals surface area contributed by atoms with Gasteiger partial charge in [-0.15, -0.1) is 11.3 Å². The molecular formula is C20H20ClN2OS+. The number of nitrogens with one attached hydrogen (secondary N) is 1. The minimum Gasteiger partial charge on any atom is -0.347 e. The summed E-state index contributed by atoms with van der Waals surface area (Å²) in [6.07, 6.45) is 0. The summed E-state index contributed by atoms with van der Waals surface area (Å²) in [6, 6.07) is 22.1. The van der Waals surface area contributed by atoms with Crippen molar-refractivity contribution in [2.24, 2.45) is 0 Å². The maximum Gasteiger partial charge on any atom is 0.275 e. The zero-order valence-corrected chi connectivity index (χ0v) is 15.3. The van der Waals surface area contributed by atoms with Gasteiger partial charge in [-0.3, -0.25) is 4.79 Å². The molecule has 1 amide bonds. The lowest BCUT2D eigenvalue weighted by molar-refractivity contribution is -0.676. The molecule has 25 heavy (non-hydrogen) atoms. The fraction of sp³-hybridized carbons (Fsp3) is 0.150. The smallest absolute Gasteiger partial charge is 0.275 e. The van der Waals surface area contributed by atoms with Crippen LogP contribution in [-0.4, -0.2) is 12.5 Å². The van der Waals surface area contributed by atoms with Crippen LogP contribution in [-0.2, 0) is 11.3 Å². The van der Waals surface area contributed by atoms with Crippen molar-refractivity contribution in [1.82, 2.24) is 5.32 Å². The number of hydrogen-bond donors (Lipinski definition) is 2. The maximum absolute atomic E-state index is 12.2. The predicted octanol–water partition coefficient (Wildman–Crippen LogP) is 3.37. The molecule has 3 rings (SSSR count). The Hall–Kier alpha value is -2.14. The third-order valence-electron chi connectivity index (χ3n) is 3.95. The van der Waals surface area contributed by atoms with E-state index < -0.39 is 0 Å². The number of rotatable bonds is 7. The van der Waals surface area contributed by atoms with Gasteiger partial charge in [0.2, 0.25) is 0 Å². The molecule has 1 heterocycles. The minimum atomic E-state index is 0.0208. The second-order valence-electron chi connectivity index (χ2n) is 5.75. The number of benzene rings is 2. The van der Waals surface area contributed by atoms with E-state index in [2.05, 4.69) is 34.2 Å². The monoisotopic (exact) mass is 371 g/mol. The molecule has 0 saturated carbocycles. The van der Waals surface area contributed by atoms with Gasteiger partial charge in [0.25, 0.3) is 5.91 Å². The third-order valence-corrected chi connectivity index (χ3v) is 5.16. The fourth-order valence-corrected chi connectivity index (χ4v) is 3.62. The second-order valence-corrected chi connectivity index (χ2v) is 7.16. The SMILES string of the molecule is O=C(C[NH2+][C@H](c1ccccc1)c1cccs1)NCc1ccc(Cl)cc1. The Morgan fingerprint density at radius 3 is 2.48 bits per heavy atom. The first-order chi connectivity index (χ1) is 12.2. The van der Waals surface area contributed by atoms with Crippen LogP contribution < -0.4 is 10.6 Å². The molecule has 0 saturated heterocycles. The molecule has 0 spiro atoms. The van der Waals surface area contributed by atoms with E-state index in [0.29, 0.717) is 18.1 Å². The van der Waals surface area contributed by atoms with Gasteiger partial charge in [-0.05, 0) is 29.1 Å². The summed E-state index contributed by atoms with van der Waals surface area (Å²) < 4.78 is 0. The quantitative estimate of drug-likeness (QED) is 0.657. The molecule has 2 aromatic carbocycles. The Morgan fingerprint density at radius 2 is 1.80 bits per heavy atom. The van der Waals surface area contributed by atoms with Gasteiger partial charge in [-0.25, -0.2) is 0 Å². The van der Waals surface area contributed by atoms with E-state index in [0.717, 1.165) is 5.56 Å². The molecule has 3 nitrogen and oxygen atoms in total. The summed E-state index contributed by atoms with van der Waals surface area (Å²) in [6.45, 7) is 0.893. The van der Waals surface area contributed by atoms with Crippen LogP contribution in [0.5, 0.6) is 0 Å². The third kappa shape index (κ3) is 5.16. The highest BCUT2D eigenvalue weighted by atomic mass is 35.5. The number of carbonyl (C=O) groups is 1. The molecule has 3 N–H and O–H groups in total. The number of quaternary nitrogens is 1. The van der Waals surface area contributed by atoms with Gasteiger partial charge in [0, 0.05) is 17.1 Å². The van der Waals surface area contributed by atoms with Crippen molar-refractivity contribution in [2.75, 3.05) is 6.54 Å². The molecule has 5 heteroatoms. The molecule has 1 aromatic heterocycles. The van der Waals surface area contributed by atoms with Crippen LogP contribution in [0.3, 0.4) is 0 Å². The highest BCUT2D eigenvalue weighted by molar-refractivity contribution is 7.10.